The summed E-state index contributed by atoms with van der Waals surface area (Å²) in [5, 5.41) is 36.1. The van der Waals surface area contributed by atoms with Crippen LogP contribution in [0.4, 0.5) is 0 Å². The highest BCUT2D eigenvalue weighted by Gasteiger charge is 2.08. The van der Waals surface area contributed by atoms with Gasteiger partial charge >= 0.3 is 11.9 Å². The zero-order valence-electron chi connectivity index (χ0n) is 33.0. The van der Waals surface area contributed by atoms with Crippen LogP contribution in [0, 0.1) is 0 Å². The Balaban J connectivity index is 0.000000270. The standard InChI is InChI=1S/C17H18O3.C11H14O3.C10H14O.C9H11ClO2/c1-13(18)11-17(19)20-12-14-7-9-16(10-8-14)15-5-3-2-4-6-15;1-9(12)7-11(13)14-8-10-5-3-2-4-6-10;1-9(11)7-8-10-5-3-2-4-6-10;10-6-8(11)7-12-9-4-2-1-3-5-9/h2-10,13,18H,11-12H2,1H3;2-6,9,12H,7-8H2,1H3;2-6,9,11H,7-8H2,1H3;1-5,8,11H,6-7H2. The van der Waals surface area contributed by atoms with Gasteiger partial charge in [-0.25, -0.2) is 0 Å². The van der Waals surface area contributed by atoms with E-state index in [1.165, 1.54) is 5.56 Å². The number of esters is 2. The Labute approximate surface area is 342 Å². The number of hydrogen-bond donors (Lipinski definition) is 4. The third kappa shape index (κ3) is 24.3. The molecular formula is C47H57ClO9. The predicted molar refractivity (Wildman–Crippen MR) is 226 cm³/mol. The summed E-state index contributed by atoms with van der Waals surface area (Å²) in [5.74, 6) is 0.199. The lowest BCUT2D eigenvalue weighted by atomic mass is 10.0. The molecule has 0 spiro atoms. The van der Waals surface area contributed by atoms with Crippen molar-refractivity contribution in [3.05, 3.63) is 162 Å². The van der Waals surface area contributed by atoms with E-state index in [-0.39, 0.29) is 56.6 Å². The Bertz CT molecular complexity index is 1740. The minimum atomic E-state index is -0.664. The Morgan fingerprint density at radius 2 is 0.930 bits per heavy atom. The molecule has 0 amide bonds. The Morgan fingerprint density at radius 3 is 1.37 bits per heavy atom. The molecule has 306 valence electrons. The highest BCUT2D eigenvalue weighted by Crippen LogP contribution is 2.19. The fraction of sp³-hybridized carbons (Fsp3) is 0.319. The molecule has 4 N–H and O–H groups in total. The summed E-state index contributed by atoms with van der Waals surface area (Å²) >= 11 is 5.39. The van der Waals surface area contributed by atoms with Gasteiger partial charge in [0.1, 0.15) is 31.7 Å². The summed E-state index contributed by atoms with van der Waals surface area (Å²) in [5.41, 5.74) is 5.47. The second kappa shape index (κ2) is 29.2. The number of ether oxygens (including phenoxy) is 3. The maximum absolute atomic E-state index is 11.3. The van der Waals surface area contributed by atoms with Crippen LogP contribution >= 0.6 is 11.6 Å². The second-order valence-electron chi connectivity index (χ2n) is 13.3. The Kier molecular flexibility index (Phi) is 24.7. The number of aliphatic hydroxyl groups is 4. The van der Waals surface area contributed by atoms with Crippen molar-refractivity contribution in [2.75, 3.05) is 12.5 Å². The van der Waals surface area contributed by atoms with E-state index in [0.29, 0.717) is 0 Å². The zero-order chi connectivity index (χ0) is 41.7. The number of rotatable bonds is 16. The lowest BCUT2D eigenvalue weighted by Gasteiger charge is -2.08. The van der Waals surface area contributed by atoms with Gasteiger partial charge < -0.3 is 34.6 Å². The number of carbonyl (C=O) groups excluding carboxylic acids is 2. The zero-order valence-corrected chi connectivity index (χ0v) is 33.8. The molecule has 0 saturated heterocycles. The third-order valence-electron chi connectivity index (χ3n) is 7.69. The molecule has 4 atom stereocenters. The number of para-hydroxylation sites is 1. The largest absolute Gasteiger partial charge is 0.491 e. The van der Waals surface area contributed by atoms with Crippen molar-refractivity contribution in [1.82, 2.24) is 0 Å². The molecule has 10 heteroatoms. The van der Waals surface area contributed by atoms with E-state index in [1.807, 2.05) is 128 Å². The van der Waals surface area contributed by atoms with Crippen LogP contribution in [-0.2, 0) is 38.7 Å². The van der Waals surface area contributed by atoms with Crippen molar-refractivity contribution in [1.29, 1.82) is 0 Å². The molecule has 0 aliphatic rings. The maximum atomic E-state index is 11.3. The van der Waals surface area contributed by atoms with E-state index in [1.54, 1.807) is 13.8 Å². The summed E-state index contributed by atoms with van der Waals surface area (Å²) in [6, 6.07) is 47.0. The lowest BCUT2D eigenvalue weighted by Crippen LogP contribution is -2.18. The quantitative estimate of drug-likeness (QED) is 0.0572. The average Bonchev–Trinajstić information content (AvgIpc) is 3.22. The third-order valence-corrected chi connectivity index (χ3v) is 8.04. The maximum Gasteiger partial charge on any atom is 0.308 e. The average molecular weight is 801 g/mol. The van der Waals surface area contributed by atoms with E-state index < -0.39 is 18.3 Å². The topological polar surface area (TPSA) is 143 Å². The fourth-order valence-corrected chi connectivity index (χ4v) is 4.79. The van der Waals surface area contributed by atoms with E-state index >= 15 is 0 Å². The van der Waals surface area contributed by atoms with Crippen molar-refractivity contribution in [2.24, 2.45) is 0 Å². The molecule has 9 nitrogen and oxygen atoms in total. The van der Waals surface area contributed by atoms with Gasteiger partial charge in [-0.15, -0.1) is 11.6 Å². The first-order chi connectivity index (χ1) is 27.4. The highest BCUT2D eigenvalue weighted by molar-refractivity contribution is 6.18. The smallest absolute Gasteiger partial charge is 0.308 e. The number of benzene rings is 5. The second-order valence-corrected chi connectivity index (χ2v) is 13.6. The number of aryl methyl sites for hydroxylation is 1. The van der Waals surface area contributed by atoms with E-state index in [0.717, 1.165) is 40.8 Å². The SMILES string of the molecule is CC(O)CC(=O)OCc1ccc(-c2ccccc2)cc1.CC(O)CC(=O)OCc1ccccc1.CC(O)CCc1ccccc1.OC(CCl)COc1ccccc1. The van der Waals surface area contributed by atoms with Crippen molar-refractivity contribution in [2.45, 2.75) is 84.1 Å². The molecule has 5 aromatic carbocycles. The Morgan fingerprint density at radius 1 is 0.526 bits per heavy atom. The van der Waals surface area contributed by atoms with Gasteiger partial charge in [-0.3, -0.25) is 9.59 Å². The van der Waals surface area contributed by atoms with Crippen LogP contribution in [0.25, 0.3) is 11.1 Å². The monoisotopic (exact) mass is 800 g/mol. The normalized spacial score (nSPS) is 12.3. The van der Waals surface area contributed by atoms with Crippen LogP contribution in [-0.4, -0.2) is 69.3 Å². The van der Waals surface area contributed by atoms with E-state index in [9.17, 15) is 9.59 Å². The van der Waals surface area contributed by atoms with Crippen molar-refractivity contribution < 1.29 is 44.2 Å². The highest BCUT2D eigenvalue weighted by atomic mass is 35.5. The van der Waals surface area contributed by atoms with Gasteiger partial charge in [-0.2, -0.15) is 0 Å². The summed E-state index contributed by atoms with van der Waals surface area (Å²) in [4.78, 5) is 22.4. The first-order valence-corrected chi connectivity index (χ1v) is 19.5. The van der Waals surface area contributed by atoms with Gasteiger partial charge in [0.25, 0.3) is 0 Å². The number of hydrogen-bond acceptors (Lipinski definition) is 9. The van der Waals surface area contributed by atoms with Gasteiger partial charge in [0, 0.05) is 0 Å². The molecule has 0 fully saturated rings. The molecule has 5 aromatic rings. The van der Waals surface area contributed by atoms with Gasteiger partial charge in [0.2, 0.25) is 0 Å². The minimum absolute atomic E-state index is 0.0299. The van der Waals surface area contributed by atoms with Crippen LogP contribution in [0.3, 0.4) is 0 Å². The summed E-state index contributed by atoms with van der Waals surface area (Å²) in [6.07, 6.45) is -0.180. The summed E-state index contributed by atoms with van der Waals surface area (Å²) in [7, 11) is 0. The molecular weight excluding hydrogens is 744 g/mol. The summed E-state index contributed by atoms with van der Waals surface area (Å²) < 4.78 is 15.2. The molecule has 5 rings (SSSR count). The number of halogens is 1. The van der Waals surface area contributed by atoms with Gasteiger partial charge in [0.15, 0.2) is 0 Å². The van der Waals surface area contributed by atoms with Crippen LogP contribution in [0.5, 0.6) is 5.75 Å². The first kappa shape index (κ1) is 48.1. The molecule has 0 heterocycles. The molecule has 0 aliphatic carbocycles. The predicted octanol–water partition coefficient (Wildman–Crippen LogP) is 8.33. The molecule has 0 saturated carbocycles. The van der Waals surface area contributed by atoms with Crippen LogP contribution in [0.15, 0.2) is 146 Å². The number of alkyl halides is 1. The van der Waals surface area contributed by atoms with Crippen LogP contribution in [0.2, 0.25) is 0 Å². The molecule has 0 radical (unpaired) electrons. The van der Waals surface area contributed by atoms with Crippen LogP contribution < -0.4 is 4.74 Å². The summed E-state index contributed by atoms with van der Waals surface area (Å²) in [6.45, 7) is 5.70. The molecule has 57 heavy (non-hydrogen) atoms. The van der Waals surface area contributed by atoms with E-state index in [4.69, 9.17) is 46.2 Å². The van der Waals surface area contributed by atoms with Gasteiger partial charge in [-0.1, -0.05) is 133 Å². The van der Waals surface area contributed by atoms with Crippen LogP contribution in [0.1, 0.15) is 56.7 Å². The molecule has 0 bridgehead atoms. The first-order valence-electron chi connectivity index (χ1n) is 18.9. The Hall–Kier alpha value is -5.03. The molecule has 4 unspecified atom stereocenters. The van der Waals surface area contributed by atoms with E-state index in [2.05, 4.69) is 24.3 Å². The van der Waals surface area contributed by atoms with Gasteiger partial charge in [0.05, 0.1) is 37.0 Å². The van der Waals surface area contributed by atoms with Gasteiger partial charge in [-0.05, 0) is 73.6 Å². The molecule has 0 aliphatic heterocycles. The number of carbonyl (C=O) groups is 2. The lowest BCUT2D eigenvalue weighted by molar-refractivity contribution is -0.147. The molecule has 0 aromatic heterocycles. The minimum Gasteiger partial charge on any atom is -0.491 e. The van der Waals surface area contributed by atoms with Crippen molar-refractivity contribution in [3.63, 3.8) is 0 Å². The van der Waals surface area contributed by atoms with Crippen molar-refractivity contribution >= 4 is 23.5 Å². The fourth-order valence-electron chi connectivity index (χ4n) is 4.70. The number of aliphatic hydroxyl groups excluding tert-OH is 4. The van der Waals surface area contributed by atoms with Crippen molar-refractivity contribution in [3.8, 4) is 16.9 Å².